The quantitative estimate of drug-likeness (QED) is 0.846. The van der Waals surface area contributed by atoms with E-state index in [9.17, 15) is 0 Å². The van der Waals surface area contributed by atoms with E-state index in [2.05, 4.69) is 43.3 Å². The largest absolute Gasteiger partial charge is 0.369 e. The van der Waals surface area contributed by atoms with Crippen molar-refractivity contribution in [2.24, 2.45) is 0 Å². The molecule has 5 heteroatoms. The highest BCUT2D eigenvalue weighted by Gasteiger charge is 2.22. The molecule has 0 amide bonds. The second-order valence-corrected chi connectivity index (χ2v) is 8.73. The Morgan fingerprint density at radius 3 is 2.52 bits per heavy atom. The van der Waals surface area contributed by atoms with Gasteiger partial charge >= 0.3 is 0 Å². The van der Waals surface area contributed by atoms with E-state index in [4.69, 9.17) is 0 Å². The molecule has 2 aromatic rings. The van der Waals surface area contributed by atoms with E-state index < -0.39 is 0 Å². The molecule has 1 N–H and O–H groups in total. The van der Waals surface area contributed by atoms with Crippen LogP contribution in [0.25, 0.3) is 0 Å². The number of piperazine rings is 1. The van der Waals surface area contributed by atoms with Crippen LogP contribution < -0.4 is 10.2 Å². The Labute approximate surface area is 174 Å². The zero-order valence-corrected chi connectivity index (χ0v) is 17.5. The number of aromatic nitrogens is 2. The first-order valence-electron chi connectivity index (χ1n) is 11.5. The number of rotatable bonds is 5. The van der Waals surface area contributed by atoms with Crippen LogP contribution in [0.1, 0.15) is 48.1 Å². The summed E-state index contributed by atoms with van der Waals surface area (Å²) >= 11 is 0. The molecule has 0 atom stereocenters. The number of anilines is 2. The van der Waals surface area contributed by atoms with Crippen LogP contribution in [0.3, 0.4) is 0 Å². The summed E-state index contributed by atoms with van der Waals surface area (Å²) in [6, 6.07) is 6.95. The average Bonchev–Trinajstić information content (AvgIpc) is 2.79. The second kappa shape index (κ2) is 8.70. The minimum atomic E-state index is 0.962. The highest BCUT2D eigenvalue weighted by Crippen LogP contribution is 2.31. The van der Waals surface area contributed by atoms with Gasteiger partial charge in [-0.2, -0.15) is 0 Å². The fraction of sp³-hybridized carbons (Fsp3) is 0.583. The van der Waals surface area contributed by atoms with Crippen molar-refractivity contribution in [2.45, 2.75) is 51.4 Å². The molecule has 1 saturated heterocycles. The Bertz CT molecular complexity index is 838. The predicted octanol–water partition coefficient (Wildman–Crippen LogP) is 3.47. The molecule has 3 aliphatic rings. The molecule has 5 rings (SSSR count). The minimum absolute atomic E-state index is 0.962. The van der Waals surface area contributed by atoms with Crippen molar-refractivity contribution in [1.29, 1.82) is 0 Å². The van der Waals surface area contributed by atoms with E-state index in [1.165, 1.54) is 55.5 Å². The maximum absolute atomic E-state index is 4.52. The van der Waals surface area contributed by atoms with E-state index in [1.54, 1.807) is 17.5 Å². The van der Waals surface area contributed by atoms with Crippen LogP contribution in [0.5, 0.6) is 0 Å². The maximum Gasteiger partial charge on any atom is 0.132 e. The molecule has 1 aromatic carbocycles. The number of aryl methyl sites for hydroxylation is 2. The Hall–Kier alpha value is -2.14. The molecule has 1 aromatic heterocycles. The summed E-state index contributed by atoms with van der Waals surface area (Å²) in [5.74, 6) is 1.07. The molecule has 0 bridgehead atoms. The molecule has 0 radical (unpaired) electrons. The van der Waals surface area contributed by atoms with Gasteiger partial charge in [0, 0.05) is 56.2 Å². The van der Waals surface area contributed by atoms with E-state index in [0.29, 0.717) is 0 Å². The van der Waals surface area contributed by atoms with Crippen molar-refractivity contribution >= 4 is 11.5 Å². The molecular formula is C24H33N5. The van der Waals surface area contributed by atoms with E-state index >= 15 is 0 Å². The number of hydrogen-bond donors (Lipinski definition) is 1. The summed E-state index contributed by atoms with van der Waals surface area (Å²) in [5, 5.41) is 3.60. The van der Waals surface area contributed by atoms with Crippen molar-refractivity contribution in [2.75, 3.05) is 49.5 Å². The van der Waals surface area contributed by atoms with Gasteiger partial charge in [0.25, 0.3) is 0 Å². The van der Waals surface area contributed by atoms with Gasteiger partial charge in [0.2, 0.25) is 0 Å². The third-order valence-electron chi connectivity index (χ3n) is 6.93. The second-order valence-electron chi connectivity index (χ2n) is 8.73. The Balaban J connectivity index is 1.14. The van der Waals surface area contributed by atoms with Gasteiger partial charge < -0.3 is 10.2 Å². The third-order valence-corrected chi connectivity index (χ3v) is 6.93. The van der Waals surface area contributed by atoms with Gasteiger partial charge in [-0.3, -0.25) is 4.90 Å². The van der Waals surface area contributed by atoms with Crippen molar-refractivity contribution in [3.05, 3.63) is 46.9 Å². The molecule has 0 spiro atoms. The lowest BCUT2D eigenvalue weighted by molar-refractivity contribution is 0.267. The normalized spacial score (nSPS) is 19.5. The lowest BCUT2D eigenvalue weighted by Crippen LogP contribution is -2.48. The Kier molecular flexibility index (Phi) is 5.66. The first kappa shape index (κ1) is 18.9. The van der Waals surface area contributed by atoms with Crippen molar-refractivity contribution in [1.82, 2.24) is 14.9 Å². The molecule has 29 heavy (non-hydrogen) atoms. The molecule has 2 heterocycles. The van der Waals surface area contributed by atoms with Gasteiger partial charge in [0.15, 0.2) is 0 Å². The van der Waals surface area contributed by atoms with E-state index in [0.717, 1.165) is 57.9 Å². The standard InChI is InChI=1S/C24H33N5/c1-2-8-20-19(6-1)7-5-11-23(20)29-16-14-28(15-17-29)13-12-25-24-21-9-3-4-10-22(21)26-18-27-24/h5,7,11,18H,1-4,6,8-10,12-17H2,(H,25,26,27). The lowest BCUT2D eigenvalue weighted by Gasteiger charge is -2.38. The SMILES string of the molecule is c1cc2c(c(N3CCN(CCNc4ncnc5c4CCCC5)CC3)c1)CCCC2. The van der Waals surface area contributed by atoms with Crippen LogP contribution in [0.2, 0.25) is 0 Å². The van der Waals surface area contributed by atoms with Crippen molar-refractivity contribution in [3.63, 3.8) is 0 Å². The highest BCUT2D eigenvalue weighted by atomic mass is 15.3. The van der Waals surface area contributed by atoms with Gasteiger partial charge in [0.1, 0.15) is 12.1 Å². The highest BCUT2D eigenvalue weighted by molar-refractivity contribution is 5.58. The summed E-state index contributed by atoms with van der Waals surface area (Å²) in [7, 11) is 0. The van der Waals surface area contributed by atoms with Crippen molar-refractivity contribution in [3.8, 4) is 0 Å². The summed E-state index contributed by atoms with van der Waals surface area (Å²) in [5.41, 5.74) is 7.34. The van der Waals surface area contributed by atoms with Gasteiger partial charge in [0.05, 0.1) is 0 Å². The van der Waals surface area contributed by atoms with E-state index in [-0.39, 0.29) is 0 Å². The third kappa shape index (κ3) is 4.11. The van der Waals surface area contributed by atoms with Crippen LogP contribution in [0.4, 0.5) is 11.5 Å². The molecule has 1 fully saturated rings. The van der Waals surface area contributed by atoms with Gasteiger partial charge in [-0.15, -0.1) is 0 Å². The van der Waals surface area contributed by atoms with Gasteiger partial charge in [-0.1, -0.05) is 12.1 Å². The van der Waals surface area contributed by atoms with E-state index in [1.807, 2.05) is 0 Å². The van der Waals surface area contributed by atoms with Gasteiger partial charge in [-0.05, 0) is 68.6 Å². The molecule has 0 saturated carbocycles. The monoisotopic (exact) mass is 391 g/mol. The molecule has 1 aliphatic heterocycles. The Morgan fingerprint density at radius 2 is 1.62 bits per heavy atom. The van der Waals surface area contributed by atoms with Gasteiger partial charge in [-0.25, -0.2) is 9.97 Å². The number of nitrogens with one attached hydrogen (secondary N) is 1. The van der Waals surface area contributed by atoms with Crippen LogP contribution >= 0.6 is 0 Å². The van der Waals surface area contributed by atoms with Crippen molar-refractivity contribution < 1.29 is 0 Å². The maximum atomic E-state index is 4.52. The smallest absolute Gasteiger partial charge is 0.132 e. The lowest BCUT2D eigenvalue weighted by atomic mass is 9.90. The summed E-state index contributed by atoms with van der Waals surface area (Å²) in [4.78, 5) is 14.2. The summed E-state index contributed by atoms with van der Waals surface area (Å²) in [6.45, 7) is 6.61. The molecular weight excluding hydrogens is 358 g/mol. The van der Waals surface area contributed by atoms with Crippen LogP contribution in [0, 0.1) is 0 Å². The van der Waals surface area contributed by atoms with Crippen LogP contribution in [-0.4, -0.2) is 54.1 Å². The van der Waals surface area contributed by atoms with Crippen LogP contribution in [-0.2, 0) is 25.7 Å². The summed E-state index contributed by atoms with van der Waals surface area (Å²) < 4.78 is 0. The number of fused-ring (bicyclic) bond motifs is 2. The fourth-order valence-electron chi connectivity index (χ4n) is 5.28. The summed E-state index contributed by atoms with van der Waals surface area (Å²) in [6.07, 6.45) is 11.7. The fourth-order valence-corrected chi connectivity index (χ4v) is 5.28. The first-order chi connectivity index (χ1) is 14.4. The minimum Gasteiger partial charge on any atom is -0.369 e. The predicted molar refractivity (Wildman–Crippen MR) is 119 cm³/mol. The zero-order chi connectivity index (χ0) is 19.5. The zero-order valence-electron chi connectivity index (χ0n) is 17.5. The molecule has 2 aliphatic carbocycles. The number of benzene rings is 1. The molecule has 5 nitrogen and oxygen atoms in total. The Morgan fingerprint density at radius 1 is 0.828 bits per heavy atom. The topological polar surface area (TPSA) is 44.3 Å². The molecule has 0 unspecified atom stereocenters. The first-order valence-corrected chi connectivity index (χ1v) is 11.5. The average molecular weight is 392 g/mol. The number of nitrogens with zero attached hydrogens (tertiary/aromatic N) is 4. The van der Waals surface area contributed by atoms with Crippen LogP contribution in [0.15, 0.2) is 24.5 Å². The number of hydrogen-bond acceptors (Lipinski definition) is 5. The molecule has 154 valence electrons.